The molecule has 20 heavy (non-hydrogen) atoms. The molecule has 2 aromatic rings. The molecule has 2 aromatic carbocycles. The van der Waals surface area contributed by atoms with Crippen molar-refractivity contribution in [1.29, 1.82) is 0 Å². The molecule has 0 unspecified atom stereocenters. The summed E-state index contributed by atoms with van der Waals surface area (Å²) >= 11 is 7.48. The monoisotopic (exact) mass is 304 g/mol. The third-order valence-electron chi connectivity index (χ3n) is 2.88. The van der Waals surface area contributed by atoms with Crippen molar-refractivity contribution >= 4 is 39.9 Å². The Bertz CT molecular complexity index is 594. The van der Waals surface area contributed by atoms with Crippen LogP contribution in [0.5, 0.6) is 0 Å². The summed E-state index contributed by atoms with van der Waals surface area (Å²) in [6.07, 6.45) is 2.98. The Labute approximate surface area is 129 Å². The van der Waals surface area contributed by atoms with Crippen molar-refractivity contribution in [2.75, 3.05) is 11.6 Å². The van der Waals surface area contributed by atoms with Gasteiger partial charge in [0, 0.05) is 10.7 Å². The highest BCUT2D eigenvalue weighted by molar-refractivity contribution is 8.13. The summed E-state index contributed by atoms with van der Waals surface area (Å²) in [5.74, 6) is 0. The number of aryl methyl sites for hydroxylation is 1. The van der Waals surface area contributed by atoms with Crippen LogP contribution >= 0.6 is 23.4 Å². The molecular formula is C16H17ClN2S. The van der Waals surface area contributed by atoms with E-state index in [1.165, 1.54) is 5.56 Å². The average molecular weight is 305 g/mol. The van der Waals surface area contributed by atoms with Crippen LogP contribution in [0.2, 0.25) is 5.02 Å². The van der Waals surface area contributed by atoms with Gasteiger partial charge in [0.15, 0.2) is 5.17 Å². The van der Waals surface area contributed by atoms with Crippen LogP contribution in [0.1, 0.15) is 12.5 Å². The minimum atomic E-state index is 0.731. The normalized spacial score (nSPS) is 11.4. The van der Waals surface area contributed by atoms with E-state index in [1.807, 2.05) is 48.7 Å². The molecule has 0 aliphatic rings. The Morgan fingerprint density at radius 2 is 1.85 bits per heavy atom. The summed E-state index contributed by atoms with van der Waals surface area (Å²) in [5, 5.41) is 4.91. The molecule has 0 spiro atoms. The van der Waals surface area contributed by atoms with Crippen LogP contribution in [-0.2, 0) is 6.42 Å². The van der Waals surface area contributed by atoms with Crippen molar-refractivity contribution in [2.24, 2.45) is 4.99 Å². The molecule has 0 saturated carbocycles. The number of rotatable bonds is 3. The van der Waals surface area contributed by atoms with Crippen LogP contribution in [0.15, 0.2) is 53.5 Å². The second-order valence-electron chi connectivity index (χ2n) is 4.24. The molecule has 0 aromatic heterocycles. The first-order chi connectivity index (χ1) is 9.72. The number of aliphatic imine (C=N–C) groups is 1. The van der Waals surface area contributed by atoms with Crippen molar-refractivity contribution in [1.82, 2.24) is 0 Å². The predicted molar refractivity (Wildman–Crippen MR) is 91.5 cm³/mol. The fraction of sp³-hybridized carbons (Fsp3) is 0.188. The van der Waals surface area contributed by atoms with E-state index in [0.29, 0.717) is 0 Å². The van der Waals surface area contributed by atoms with Gasteiger partial charge in [-0.25, -0.2) is 4.99 Å². The second-order valence-corrected chi connectivity index (χ2v) is 5.47. The number of anilines is 1. The van der Waals surface area contributed by atoms with Gasteiger partial charge in [-0.1, -0.05) is 48.5 Å². The molecule has 4 heteroatoms. The molecule has 0 aliphatic heterocycles. The fourth-order valence-electron chi connectivity index (χ4n) is 1.81. The lowest BCUT2D eigenvalue weighted by molar-refractivity contribution is 1.13. The smallest absolute Gasteiger partial charge is 0.165 e. The van der Waals surface area contributed by atoms with Crippen molar-refractivity contribution in [3.05, 3.63) is 59.1 Å². The standard InChI is InChI=1S/C16H17ClN2S/c1-3-12-6-4-5-7-15(12)19-16(20-2)18-14-10-8-13(17)9-11-14/h4-11H,3H2,1-2H3,(H,18,19). The molecule has 0 amide bonds. The van der Waals surface area contributed by atoms with Crippen LogP contribution < -0.4 is 5.32 Å². The number of hydrogen-bond donors (Lipinski definition) is 1. The zero-order valence-electron chi connectivity index (χ0n) is 11.6. The summed E-state index contributed by atoms with van der Waals surface area (Å²) in [6.45, 7) is 2.14. The molecule has 0 heterocycles. The maximum absolute atomic E-state index is 5.89. The van der Waals surface area contributed by atoms with E-state index in [1.54, 1.807) is 11.8 Å². The summed E-state index contributed by atoms with van der Waals surface area (Å²) < 4.78 is 0. The first-order valence-electron chi connectivity index (χ1n) is 6.46. The van der Waals surface area contributed by atoms with E-state index in [0.717, 1.165) is 28.0 Å². The van der Waals surface area contributed by atoms with Gasteiger partial charge in [-0.05, 0) is 48.6 Å². The second kappa shape index (κ2) is 7.36. The summed E-state index contributed by atoms with van der Waals surface area (Å²) in [5.41, 5.74) is 3.24. The number of para-hydroxylation sites is 1. The number of benzene rings is 2. The molecule has 0 bridgehead atoms. The fourth-order valence-corrected chi connectivity index (χ4v) is 2.35. The van der Waals surface area contributed by atoms with E-state index >= 15 is 0 Å². The number of halogens is 1. The predicted octanol–water partition coefficient (Wildman–Crippen LogP) is 5.37. The van der Waals surface area contributed by atoms with Crippen molar-refractivity contribution < 1.29 is 0 Å². The lowest BCUT2D eigenvalue weighted by atomic mass is 10.1. The van der Waals surface area contributed by atoms with Crippen LogP contribution in [0.4, 0.5) is 11.4 Å². The molecule has 104 valence electrons. The molecule has 0 atom stereocenters. The Hall–Kier alpha value is -1.45. The minimum Gasteiger partial charge on any atom is -0.335 e. The maximum Gasteiger partial charge on any atom is 0.165 e. The molecule has 0 radical (unpaired) electrons. The van der Waals surface area contributed by atoms with Gasteiger partial charge in [-0.3, -0.25) is 0 Å². The highest BCUT2D eigenvalue weighted by atomic mass is 35.5. The van der Waals surface area contributed by atoms with E-state index < -0.39 is 0 Å². The topological polar surface area (TPSA) is 24.4 Å². The molecule has 0 fully saturated rings. The number of nitrogens with zero attached hydrogens (tertiary/aromatic N) is 1. The van der Waals surface area contributed by atoms with E-state index in [9.17, 15) is 0 Å². The highest BCUT2D eigenvalue weighted by Crippen LogP contribution is 2.22. The zero-order chi connectivity index (χ0) is 14.4. The van der Waals surface area contributed by atoms with Gasteiger partial charge in [-0.2, -0.15) is 0 Å². The van der Waals surface area contributed by atoms with Gasteiger partial charge >= 0.3 is 0 Å². The van der Waals surface area contributed by atoms with Crippen molar-refractivity contribution in [2.45, 2.75) is 13.3 Å². The van der Waals surface area contributed by atoms with Gasteiger partial charge < -0.3 is 5.32 Å². The largest absolute Gasteiger partial charge is 0.335 e. The summed E-state index contributed by atoms with van der Waals surface area (Å²) in [4.78, 5) is 4.70. The molecule has 2 rings (SSSR count). The van der Waals surface area contributed by atoms with E-state index in [4.69, 9.17) is 16.6 Å². The van der Waals surface area contributed by atoms with Crippen LogP contribution in [0.3, 0.4) is 0 Å². The minimum absolute atomic E-state index is 0.731. The Balaban J connectivity index is 2.23. The quantitative estimate of drug-likeness (QED) is 0.609. The average Bonchev–Trinajstić information content (AvgIpc) is 2.49. The molecule has 1 N–H and O–H groups in total. The molecule has 2 nitrogen and oxygen atoms in total. The van der Waals surface area contributed by atoms with Gasteiger partial charge in [0.1, 0.15) is 0 Å². The van der Waals surface area contributed by atoms with Gasteiger partial charge in [-0.15, -0.1) is 0 Å². The van der Waals surface area contributed by atoms with Crippen LogP contribution in [0.25, 0.3) is 0 Å². The number of hydrogen-bond acceptors (Lipinski definition) is 2. The van der Waals surface area contributed by atoms with Crippen molar-refractivity contribution in [3.8, 4) is 0 Å². The summed E-state index contributed by atoms with van der Waals surface area (Å²) in [6, 6.07) is 15.8. The maximum atomic E-state index is 5.89. The van der Waals surface area contributed by atoms with Crippen LogP contribution in [0, 0.1) is 0 Å². The Morgan fingerprint density at radius 1 is 1.15 bits per heavy atom. The zero-order valence-corrected chi connectivity index (χ0v) is 13.1. The Kier molecular flexibility index (Phi) is 5.50. The SMILES string of the molecule is CCc1ccccc1N=C(Nc1ccc(Cl)cc1)SC. The lowest BCUT2D eigenvalue weighted by Gasteiger charge is -2.09. The van der Waals surface area contributed by atoms with Gasteiger partial charge in [0.2, 0.25) is 0 Å². The van der Waals surface area contributed by atoms with E-state index in [2.05, 4.69) is 18.3 Å². The number of thioether (sulfide) groups is 1. The first kappa shape index (κ1) is 14.9. The lowest BCUT2D eigenvalue weighted by Crippen LogP contribution is -2.06. The summed E-state index contributed by atoms with van der Waals surface area (Å²) in [7, 11) is 0. The Morgan fingerprint density at radius 3 is 2.50 bits per heavy atom. The van der Waals surface area contributed by atoms with Crippen LogP contribution in [-0.4, -0.2) is 11.4 Å². The van der Waals surface area contributed by atoms with E-state index in [-0.39, 0.29) is 0 Å². The highest BCUT2D eigenvalue weighted by Gasteiger charge is 2.02. The molecular weight excluding hydrogens is 288 g/mol. The van der Waals surface area contributed by atoms with Gasteiger partial charge in [0.05, 0.1) is 5.69 Å². The third kappa shape index (κ3) is 4.02. The van der Waals surface area contributed by atoms with Gasteiger partial charge in [0.25, 0.3) is 0 Å². The molecule has 0 aliphatic carbocycles. The first-order valence-corrected chi connectivity index (χ1v) is 8.06. The molecule has 0 saturated heterocycles. The number of nitrogens with one attached hydrogen (secondary N) is 1. The number of amidine groups is 1. The third-order valence-corrected chi connectivity index (χ3v) is 3.72. The van der Waals surface area contributed by atoms with Crippen molar-refractivity contribution in [3.63, 3.8) is 0 Å².